The molecule has 0 aliphatic carbocycles. The molecule has 15 heavy (non-hydrogen) atoms. The zero-order chi connectivity index (χ0) is 11.4. The quantitative estimate of drug-likeness (QED) is 0.628. The van der Waals surface area contributed by atoms with E-state index in [1.807, 2.05) is 0 Å². The van der Waals surface area contributed by atoms with Crippen molar-refractivity contribution in [1.82, 2.24) is 4.98 Å². The summed E-state index contributed by atoms with van der Waals surface area (Å²) in [5, 5.41) is 0.334. The minimum Gasteiger partial charge on any atom is -0.494 e. The number of aromatic nitrogens is 1. The monoisotopic (exact) mass is 279 g/mol. The number of methoxy groups -OCH3 is 1. The van der Waals surface area contributed by atoms with Crippen LogP contribution >= 0.6 is 15.9 Å². The molecule has 82 valence electrons. The van der Waals surface area contributed by atoms with Gasteiger partial charge in [-0.3, -0.25) is 9.78 Å². The van der Waals surface area contributed by atoms with E-state index >= 15 is 0 Å². The molecule has 1 rings (SSSR count). The molecule has 1 aromatic heterocycles. The van der Waals surface area contributed by atoms with E-state index in [9.17, 15) is 13.6 Å². The lowest BCUT2D eigenvalue weighted by molar-refractivity contribution is 0.110. The van der Waals surface area contributed by atoms with Crippen molar-refractivity contribution in [3.8, 4) is 5.75 Å². The smallest absolute Gasteiger partial charge is 0.266 e. The van der Waals surface area contributed by atoms with Gasteiger partial charge in [-0.2, -0.15) is 0 Å². The molecule has 0 aromatic carbocycles. The molecule has 0 unspecified atom stereocenters. The third-order valence-corrected chi connectivity index (χ3v) is 2.39. The van der Waals surface area contributed by atoms with Crippen LogP contribution in [0.4, 0.5) is 8.78 Å². The Morgan fingerprint density at radius 2 is 2.33 bits per heavy atom. The second kappa shape index (κ2) is 5.16. The largest absolute Gasteiger partial charge is 0.494 e. The van der Waals surface area contributed by atoms with Gasteiger partial charge in [0.15, 0.2) is 12.0 Å². The number of hydrogen-bond acceptors (Lipinski definition) is 3. The average Bonchev–Trinajstić information content (AvgIpc) is 2.26. The van der Waals surface area contributed by atoms with Crippen LogP contribution in [0.25, 0.3) is 0 Å². The summed E-state index contributed by atoms with van der Waals surface area (Å²) >= 11 is 3.13. The second-order valence-electron chi connectivity index (χ2n) is 2.66. The summed E-state index contributed by atoms with van der Waals surface area (Å²) in [4.78, 5) is 14.5. The zero-order valence-electron chi connectivity index (χ0n) is 7.84. The van der Waals surface area contributed by atoms with E-state index in [1.165, 1.54) is 7.11 Å². The Hall–Kier alpha value is -1.04. The first-order valence-electron chi connectivity index (χ1n) is 4.00. The van der Waals surface area contributed by atoms with Gasteiger partial charge >= 0.3 is 0 Å². The van der Waals surface area contributed by atoms with Gasteiger partial charge in [0.2, 0.25) is 0 Å². The van der Waals surface area contributed by atoms with Crippen molar-refractivity contribution < 1.29 is 18.3 Å². The standard InChI is InChI=1S/C9H8BrF2NO2/c1-15-8-6(4-14)5(9(11)12)3-13-7(8)2-10/h3-4,9H,2H2,1H3. The van der Waals surface area contributed by atoms with Crippen molar-refractivity contribution >= 4 is 22.2 Å². The van der Waals surface area contributed by atoms with Crippen LogP contribution in [0.1, 0.15) is 28.0 Å². The van der Waals surface area contributed by atoms with Gasteiger partial charge in [0.05, 0.1) is 23.9 Å². The average molecular weight is 280 g/mol. The van der Waals surface area contributed by atoms with Crippen molar-refractivity contribution in [2.75, 3.05) is 7.11 Å². The molecule has 0 aliphatic rings. The Kier molecular flexibility index (Phi) is 4.14. The van der Waals surface area contributed by atoms with Crippen LogP contribution in [0.3, 0.4) is 0 Å². The summed E-state index contributed by atoms with van der Waals surface area (Å²) in [6.07, 6.45) is -1.39. The van der Waals surface area contributed by atoms with Crippen LogP contribution in [0.15, 0.2) is 6.20 Å². The Morgan fingerprint density at radius 1 is 1.67 bits per heavy atom. The fourth-order valence-corrected chi connectivity index (χ4v) is 1.58. The molecule has 6 heteroatoms. The summed E-state index contributed by atoms with van der Waals surface area (Å²) in [6.45, 7) is 0. The molecular formula is C9H8BrF2NO2. The van der Waals surface area contributed by atoms with Crippen molar-refractivity contribution in [1.29, 1.82) is 0 Å². The Morgan fingerprint density at radius 3 is 2.73 bits per heavy atom. The van der Waals surface area contributed by atoms with E-state index in [0.29, 0.717) is 17.3 Å². The number of carbonyl (C=O) groups excluding carboxylic acids is 1. The number of carbonyl (C=O) groups is 1. The lowest BCUT2D eigenvalue weighted by Gasteiger charge is -2.11. The summed E-state index contributed by atoms with van der Waals surface area (Å²) in [6, 6.07) is 0. The van der Waals surface area contributed by atoms with E-state index in [-0.39, 0.29) is 11.3 Å². The van der Waals surface area contributed by atoms with Crippen LogP contribution in [-0.4, -0.2) is 18.4 Å². The third kappa shape index (κ3) is 2.31. The van der Waals surface area contributed by atoms with E-state index in [4.69, 9.17) is 4.74 Å². The van der Waals surface area contributed by atoms with Crippen LogP contribution in [0.5, 0.6) is 5.75 Å². The maximum atomic E-state index is 12.5. The molecule has 0 bridgehead atoms. The van der Waals surface area contributed by atoms with Crippen molar-refractivity contribution in [2.24, 2.45) is 0 Å². The molecule has 0 N–H and O–H groups in total. The Balaban J connectivity index is 3.40. The Labute approximate surface area is 93.6 Å². The first-order chi connectivity index (χ1) is 7.15. The van der Waals surface area contributed by atoms with Crippen LogP contribution in [0.2, 0.25) is 0 Å². The Bertz CT molecular complexity index is 371. The number of alkyl halides is 3. The molecule has 0 radical (unpaired) electrons. The van der Waals surface area contributed by atoms with Crippen LogP contribution in [0, 0.1) is 0 Å². The highest BCUT2D eigenvalue weighted by molar-refractivity contribution is 9.08. The topological polar surface area (TPSA) is 39.2 Å². The molecule has 0 spiro atoms. The summed E-state index contributed by atoms with van der Waals surface area (Å²) < 4.78 is 29.9. The van der Waals surface area contributed by atoms with E-state index < -0.39 is 12.0 Å². The van der Waals surface area contributed by atoms with Crippen molar-refractivity contribution in [3.63, 3.8) is 0 Å². The van der Waals surface area contributed by atoms with E-state index in [1.54, 1.807) is 0 Å². The highest BCUT2D eigenvalue weighted by Crippen LogP contribution is 2.30. The molecule has 0 saturated carbocycles. The number of aldehydes is 1. The molecule has 0 aliphatic heterocycles. The molecule has 0 saturated heterocycles. The highest BCUT2D eigenvalue weighted by atomic mass is 79.9. The van der Waals surface area contributed by atoms with E-state index in [2.05, 4.69) is 20.9 Å². The minimum atomic E-state index is -2.74. The summed E-state index contributed by atoms with van der Waals surface area (Å²) in [5.74, 6) is 0.0969. The van der Waals surface area contributed by atoms with Gasteiger partial charge in [-0.05, 0) is 0 Å². The predicted octanol–water partition coefficient (Wildman–Crippen LogP) is 2.74. The first kappa shape index (κ1) is 12.0. The van der Waals surface area contributed by atoms with E-state index in [0.717, 1.165) is 6.20 Å². The molecule has 1 heterocycles. The van der Waals surface area contributed by atoms with Gasteiger partial charge in [0.1, 0.15) is 0 Å². The van der Waals surface area contributed by atoms with Gasteiger partial charge in [-0.25, -0.2) is 8.78 Å². The summed E-state index contributed by atoms with van der Waals surface area (Å²) in [7, 11) is 1.31. The fraction of sp³-hybridized carbons (Fsp3) is 0.333. The van der Waals surface area contributed by atoms with Gasteiger partial charge in [0, 0.05) is 11.5 Å². The number of pyridine rings is 1. The molecule has 0 atom stereocenters. The maximum Gasteiger partial charge on any atom is 0.266 e. The minimum absolute atomic E-state index is 0.0969. The molecule has 1 aromatic rings. The van der Waals surface area contributed by atoms with Crippen LogP contribution in [-0.2, 0) is 5.33 Å². The zero-order valence-corrected chi connectivity index (χ0v) is 9.42. The third-order valence-electron chi connectivity index (χ3n) is 1.86. The number of rotatable bonds is 4. The molecule has 0 fully saturated rings. The maximum absolute atomic E-state index is 12.5. The number of ether oxygens (including phenoxy) is 1. The van der Waals surface area contributed by atoms with Gasteiger partial charge in [0.25, 0.3) is 6.43 Å². The summed E-state index contributed by atoms with van der Waals surface area (Å²) in [5.41, 5.74) is -0.132. The highest BCUT2D eigenvalue weighted by Gasteiger charge is 2.20. The lowest BCUT2D eigenvalue weighted by atomic mass is 10.1. The van der Waals surface area contributed by atoms with Crippen molar-refractivity contribution in [3.05, 3.63) is 23.0 Å². The van der Waals surface area contributed by atoms with Gasteiger partial charge in [-0.1, -0.05) is 15.9 Å². The lowest BCUT2D eigenvalue weighted by Crippen LogP contribution is -2.03. The normalized spacial score (nSPS) is 10.5. The molecular weight excluding hydrogens is 272 g/mol. The second-order valence-corrected chi connectivity index (χ2v) is 3.22. The van der Waals surface area contributed by atoms with Gasteiger partial charge < -0.3 is 4.74 Å². The van der Waals surface area contributed by atoms with Gasteiger partial charge in [-0.15, -0.1) is 0 Å². The number of nitrogens with zero attached hydrogens (tertiary/aromatic N) is 1. The molecule has 3 nitrogen and oxygen atoms in total. The fourth-order valence-electron chi connectivity index (χ4n) is 1.18. The van der Waals surface area contributed by atoms with Crippen LogP contribution < -0.4 is 4.74 Å². The van der Waals surface area contributed by atoms with Crippen molar-refractivity contribution in [2.45, 2.75) is 11.8 Å². The number of hydrogen-bond donors (Lipinski definition) is 0. The molecule has 0 amide bonds. The SMILES string of the molecule is COc1c(CBr)ncc(C(F)F)c1C=O. The predicted molar refractivity (Wildman–Crippen MR) is 53.8 cm³/mol. The number of halogens is 3. The first-order valence-corrected chi connectivity index (χ1v) is 5.12.